The van der Waals surface area contributed by atoms with E-state index in [4.69, 9.17) is 5.11 Å². The van der Waals surface area contributed by atoms with Gasteiger partial charge in [0, 0.05) is 28.9 Å². The number of halogens is 1. The average Bonchev–Trinajstić information content (AvgIpc) is 3.48. The predicted molar refractivity (Wildman–Crippen MR) is 131 cm³/mol. The Morgan fingerprint density at radius 2 is 2.12 bits per heavy atom. The van der Waals surface area contributed by atoms with E-state index in [2.05, 4.69) is 26.6 Å². The van der Waals surface area contributed by atoms with Gasteiger partial charge in [-0.15, -0.1) is 11.3 Å². The first kappa shape index (κ1) is 22.2. The number of allylic oxidation sites excluding steroid dienone is 1. The van der Waals surface area contributed by atoms with Crippen LogP contribution in [0.3, 0.4) is 0 Å². The first-order valence-corrected chi connectivity index (χ1v) is 12.0. The molecule has 0 radical (unpaired) electrons. The molecule has 10 heteroatoms. The van der Waals surface area contributed by atoms with Gasteiger partial charge in [-0.05, 0) is 61.6 Å². The lowest BCUT2D eigenvalue weighted by Crippen LogP contribution is -2.29. The maximum Gasteiger partial charge on any atom is 0.265 e. The number of aliphatic hydroxyl groups is 1. The standard InChI is InChI=1S/C24H25FN6O2S/c25-18-6-5-15(11-20(18)28-24(33)22-12-16-3-1-2-4-21(16)34-22)19-13-17(14-26-29-19)27-23-7-8-31(30-23)9-10-32/h5-8,11-14,26,29,32H,1-4,9-10H2,(H,27,30)(H,28,33). The summed E-state index contributed by atoms with van der Waals surface area (Å²) in [5, 5.41) is 19.3. The summed E-state index contributed by atoms with van der Waals surface area (Å²) in [6.07, 6.45) is 9.67. The number of nitrogens with zero attached hydrogens (tertiary/aromatic N) is 2. The second-order valence-corrected chi connectivity index (χ2v) is 9.29. The van der Waals surface area contributed by atoms with Gasteiger partial charge < -0.3 is 26.6 Å². The van der Waals surface area contributed by atoms with Crippen LogP contribution in [0, 0.1) is 5.82 Å². The second-order valence-electron chi connectivity index (χ2n) is 8.15. The zero-order valence-corrected chi connectivity index (χ0v) is 19.2. The van der Waals surface area contributed by atoms with Crippen molar-refractivity contribution in [1.29, 1.82) is 0 Å². The molecule has 5 rings (SSSR count). The Morgan fingerprint density at radius 1 is 1.24 bits per heavy atom. The number of rotatable bonds is 7. The molecule has 0 saturated carbocycles. The van der Waals surface area contributed by atoms with Gasteiger partial charge in [0.1, 0.15) is 5.82 Å². The Kier molecular flexibility index (Phi) is 6.33. The molecular weight excluding hydrogens is 455 g/mol. The number of carbonyl (C=O) groups excluding carboxylic acids is 1. The SMILES string of the molecule is O=C(Nc1cc(C2=CC(Nc3ccn(CCO)n3)=CNN2)ccc1F)c1cc2c(s1)CCCC2. The van der Waals surface area contributed by atoms with Gasteiger partial charge in [0.2, 0.25) is 0 Å². The van der Waals surface area contributed by atoms with Crippen LogP contribution in [0.5, 0.6) is 0 Å². The molecule has 2 aromatic heterocycles. The lowest BCUT2D eigenvalue weighted by molar-refractivity contribution is 0.103. The molecule has 3 heterocycles. The number of aliphatic hydroxyl groups excluding tert-OH is 1. The van der Waals surface area contributed by atoms with E-state index in [-0.39, 0.29) is 18.2 Å². The highest BCUT2D eigenvalue weighted by Gasteiger charge is 2.19. The minimum Gasteiger partial charge on any atom is -0.394 e. The summed E-state index contributed by atoms with van der Waals surface area (Å²) in [6, 6.07) is 8.35. The average molecular weight is 481 g/mol. The summed E-state index contributed by atoms with van der Waals surface area (Å²) < 4.78 is 16.2. The number of fused-ring (bicyclic) bond motifs is 1. The Bertz CT molecular complexity index is 1250. The maximum absolute atomic E-state index is 14.6. The van der Waals surface area contributed by atoms with Crippen LogP contribution in [0.2, 0.25) is 0 Å². The van der Waals surface area contributed by atoms with Gasteiger partial charge in [-0.2, -0.15) is 5.10 Å². The van der Waals surface area contributed by atoms with E-state index >= 15 is 0 Å². The van der Waals surface area contributed by atoms with Gasteiger partial charge in [-0.1, -0.05) is 0 Å². The van der Waals surface area contributed by atoms with Crippen molar-refractivity contribution in [3.05, 3.63) is 81.2 Å². The number of hydrogen-bond donors (Lipinski definition) is 5. The van der Waals surface area contributed by atoms with E-state index in [1.807, 2.05) is 12.1 Å². The third-order valence-electron chi connectivity index (χ3n) is 5.72. The number of benzene rings is 1. The highest BCUT2D eigenvalue weighted by molar-refractivity contribution is 7.14. The van der Waals surface area contributed by atoms with Crippen LogP contribution < -0.4 is 21.5 Å². The molecule has 0 spiro atoms. The zero-order valence-electron chi connectivity index (χ0n) is 18.4. The fraction of sp³-hybridized carbons (Fsp3) is 0.250. The highest BCUT2D eigenvalue weighted by Crippen LogP contribution is 2.31. The smallest absolute Gasteiger partial charge is 0.265 e. The molecule has 0 saturated heterocycles. The first-order chi connectivity index (χ1) is 16.6. The molecule has 1 aliphatic carbocycles. The molecule has 0 unspecified atom stereocenters. The second kappa shape index (κ2) is 9.70. The Labute approximate surface area is 200 Å². The Balaban J connectivity index is 1.31. The largest absolute Gasteiger partial charge is 0.394 e. The Hall–Kier alpha value is -3.63. The fourth-order valence-electron chi connectivity index (χ4n) is 4.03. The van der Waals surface area contributed by atoms with Gasteiger partial charge in [-0.25, -0.2) is 4.39 Å². The number of hydrogen-bond acceptors (Lipinski definition) is 7. The molecule has 2 aliphatic rings. The summed E-state index contributed by atoms with van der Waals surface area (Å²) in [5.41, 5.74) is 9.52. The van der Waals surface area contributed by atoms with E-state index in [1.165, 1.54) is 27.8 Å². The summed E-state index contributed by atoms with van der Waals surface area (Å²) in [6.45, 7) is 0.428. The van der Waals surface area contributed by atoms with Crippen LogP contribution >= 0.6 is 11.3 Å². The van der Waals surface area contributed by atoms with Crippen LogP contribution in [0.25, 0.3) is 5.70 Å². The number of aromatic nitrogens is 2. The third kappa shape index (κ3) is 4.82. The molecule has 0 bridgehead atoms. The molecule has 1 amide bonds. The van der Waals surface area contributed by atoms with E-state index in [1.54, 1.807) is 35.3 Å². The van der Waals surface area contributed by atoms with Gasteiger partial charge in [0.15, 0.2) is 5.82 Å². The van der Waals surface area contributed by atoms with E-state index in [0.717, 1.165) is 31.4 Å². The minimum atomic E-state index is -0.494. The number of anilines is 2. The monoisotopic (exact) mass is 480 g/mol. The maximum atomic E-state index is 14.6. The van der Waals surface area contributed by atoms with Gasteiger partial charge >= 0.3 is 0 Å². The van der Waals surface area contributed by atoms with Crippen LogP contribution in [0.15, 0.2) is 54.5 Å². The van der Waals surface area contributed by atoms with Crippen molar-refractivity contribution in [3.63, 3.8) is 0 Å². The molecule has 0 fully saturated rings. The molecule has 0 atom stereocenters. The number of thiophene rings is 1. The lowest BCUT2D eigenvalue weighted by atomic mass is 9.99. The fourth-order valence-corrected chi connectivity index (χ4v) is 5.18. The molecule has 5 N–H and O–H groups in total. The first-order valence-electron chi connectivity index (χ1n) is 11.2. The molecule has 1 aliphatic heterocycles. The highest BCUT2D eigenvalue weighted by atomic mass is 32.1. The summed E-state index contributed by atoms with van der Waals surface area (Å²) in [4.78, 5) is 14.7. The molecular formula is C24H25FN6O2S. The van der Waals surface area contributed by atoms with Crippen molar-refractivity contribution < 1.29 is 14.3 Å². The van der Waals surface area contributed by atoms with Gasteiger partial charge in [0.05, 0.1) is 35.1 Å². The number of amides is 1. The third-order valence-corrected chi connectivity index (χ3v) is 6.96. The normalized spacial score (nSPS) is 14.9. The number of hydrazine groups is 1. The summed E-state index contributed by atoms with van der Waals surface area (Å²) >= 11 is 1.50. The van der Waals surface area contributed by atoms with Gasteiger partial charge in [0.25, 0.3) is 5.91 Å². The lowest BCUT2D eigenvalue weighted by Gasteiger charge is -2.19. The number of aryl methyl sites for hydroxylation is 2. The van der Waals surface area contributed by atoms with Crippen LogP contribution in [-0.2, 0) is 19.4 Å². The van der Waals surface area contributed by atoms with Crippen molar-refractivity contribution in [1.82, 2.24) is 20.6 Å². The molecule has 34 heavy (non-hydrogen) atoms. The van der Waals surface area contributed by atoms with Crippen LogP contribution in [0.4, 0.5) is 15.9 Å². The Morgan fingerprint density at radius 3 is 2.97 bits per heavy atom. The van der Waals surface area contributed by atoms with Crippen LogP contribution in [-0.4, -0.2) is 27.4 Å². The quantitative estimate of drug-likeness (QED) is 0.354. The van der Waals surface area contributed by atoms with Crippen molar-refractivity contribution in [2.75, 3.05) is 17.2 Å². The summed E-state index contributed by atoms with van der Waals surface area (Å²) in [5.74, 6) is -0.157. The minimum absolute atomic E-state index is 0.0115. The molecule has 176 valence electrons. The zero-order chi connectivity index (χ0) is 23.5. The topological polar surface area (TPSA) is 103 Å². The number of carbonyl (C=O) groups is 1. The predicted octanol–water partition coefficient (Wildman–Crippen LogP) is 3.61. The van der Waals surface area contributed by atoms with Gasteiger partial charge in [-0.3, -0.25) is 9.48 Å². The van der Waals surface area contributed by atoms with E-state index in [9.17, 15) is 9.18 Å². The molecule has 8 nitrogen and oxygen atoms in total. The molecule has 1 aromatic carbocycles. The van der Waals surface area contributed by atoms with E-state index < -0.39 is 5.82 Å². The summed E-state index contributed by atoms with van der Waals surface area (Å²) in [7, 11) is 0. The van der Waals surface area contributed by atoms with Crippen LogP contribution in [0.1, 0.15) is 38.5 Å². The van der Waals surface area contributed by atoms with Crippen molar-refractivity contribution in [2.24, 2.45) is 0 Å². The van der Waals surface area contributed by atoms with Crippen molar-refractivity contribution >= 4 is 34.4 Å². The van der Waals surface area contributed by atoms with E-state index in [0.29, 0.717) is 28.5 Å². The van der Waals surface area contributed by atoms with Crippen molar-refractivity contribution in [2.45, 2.75) is 32.2 Å². The number of nitrogens with one attached hydrogen (secondary N) is 4. The van der Waals surface area contributed by atoms with Crippen molar-refractivity contribution in [3.8, 4) is 0 Å². The molecule has 3 aromatic rings.